The van der Waals surface area contributed by atoms with Gasteiger partial charge in [0.15, 0.2) is 5.69 Å². The van der Waals surface area contributed by atoms with Crippen LogP contribution in [0.15, 0.2) is 24.3 Å². The highest BCUT2D eigenvalue weighted by molar-refractivity contribution is 5.51. The van der Waals surface area contributed by atoms with Crippen LogP contribution in [-0.2, 0) is 6.54 Å². The van der Waals surface area contributed by atoms with Gasteiger partial charge in [-0.2, -0.15) is 0 Å². The van der Waals surface area contributed by atoms with E-state index in [4.69, 9.17) is 6.57 Å². The van der Waals surface area contributed by atoms with Crippen LogP contribution in [0.1, 0.15) is 26.3 Å². The van der Waals surface area contributed by atoms with Crippen LogP contribution in [0.5, 0.6) is 0 Å². The van der Waals surface area contributed by atoms with E-state index in [1.807, 2.05) is 24.3 Å². The normalized spacial score (nSPS) is 11.0. The fraction of sp³-hybridized carbons (Fsp3) is 0.417. The molecule has 0 bridgehead atoms. The van der Waals surface area contributed by atoms with E-state index >= 15 is 0 Å². The van der Waals surface area contributed by atoms with Gasteiger partial charge >= 0.3 is 0 Å². The molecule has 0 heterocycles. The maximum atomic E-state index is 7.02. The van der Waals surface area contributed by atoms with Crippen LogP contribution in [0.4, 0.5) is 5.69 Å². The third-order valence-electron chi connectivity index (χ3n) is 1.92. The van der Waals surface area contributed by atoms with Crippen molar-refractivity contribution >= 4 is 5.69 Å². The van der Waals surface area contributed by atoms with E-state index in [1.54, 1.807) is 0 Å². The first kappa shape index (κ1) is 10.7. The summed E-state index contributed by atoms with van der Waals surface area (Å²) in [5.74, 6) is 0. The van der Waals surface area contributed by atoms with Gasteiger partial charge in [-0.05, 0) is 26.3 Å². The quantitative estimate of drug-likeness (QED) is 0.705. The summed E-state index contributed by atoms with van der Waals surface area (Å²) in [6.45, 7) is 14.1. The van der Waals surface area contributed by atoms with Gasteiger partial charge in [0.25, 0.3) is 0 Å². The van der Waals surface area contributed by atoms with Gasteiger partial charge in [-0.3, -0.25) is 0 Å². The van der Waals surface area contributed by atoms with Gasteiger partial charge in [0.2, 0.25) is 0 Å². The molecule has 0 aliphatic carbocycles. The Morgan fingerprint density at radius 1 is 1.29 bits per heavy atom. The van der Waals surface area contributed by atoms with Gasteiger partial charge in [-0.25, -0.2) is 4.85 Å². The molecule has 0 aliphatic heterocycles. The molecule has 0 aliphatic rings. The van der Waals surface area contributed by atoms with Gasteiger partial charge < -0.3 is 5.32 Å². The molecule has 0 spiro atoms. The van der Waals surface area contributed by atoms with Crippen molar-refractivity contribution in [1.82, 2.24) is 5.32 Å². The first-order chi connectivity index (χ1) is 6.53. The molecule has 0 fully saturated rings. The molecule has 1 aromatic carbocycles. The summed E-state index contributed by atoms with van der Waals surface area (Å²) < 4.78 is 0. The molecule has 2 heteroatoms. The molecule has 1 rings (SSSR count). The molecular formula is C12H16N2. The fourth-order valence-electron chi connectivity index (χ4n) is 1.13. The lowest BCUT2D eigenvalue weighted by Gasteiger charge is -2.20. The highest BCUT2D eigenvalue weighted by atomic mass is 14.9. The van der Waals surface area contributed by atoms with Gasteiger partial charge in [-0.1, -0.05) is 24.3 Å². The predicted molar refractivity (Wildman–Crippen MR) is 59.3 cm³/mol. The Labute approximate surface area is 85.8 Å². The van der Waals surface area contributed by atoms with E-state index in [0.29, 0.717) is 0 Å². The monoisotopic (exact) mass is 188 g/mol. The van der Waals surface area contributed by atoms with E-state index in [2.05, 4.69) is 30.9 Å². The van der Waals surface area contributed by atoms with Crippen molar-refractivity contribution in [3.05, 3.63) is 41.2 Å². The lowest BCUT2D eigenvalue weighted by molar-refractivity contribution is 0.425. The van der Waals surface area contributed by atoms with Crippen molar-refractivity contribution in [3.8, 4) is 0 Å². The topological polar surface area (TPSA) is 16.4 Å². The van der Waals surface area contributed by atoms with E-state index in [9.17, 15) is 0 Å². The van der Waals surface area contributed by atoms with Crippen molar-refractivity contribution in [2.75, 3.05) is 0 Å². The number of hydrogen-bond donors (Lipinski definition) is 1. The van der Waals surface area contributed by atoms with Crippen molar-refractivity contribution in [1.29, 1.82) is 0 Å². The highest BCUT2D eigenvalue weighted by Crippen LogP contribution is 2.18. The van der Waals surface area contributed by atoms with Gasteiger partial charge in [0.05, 0.1) is 6.57 Å². The van der Waals surface area contributed by atoms with Gasteiger partial charge in [-0.15, -0.1) is 0 Å². The number of benzene rings is 1. The smallest absolute Gasteiger partial charge is 0.191 e. The summed E-state index contributed by atoms with van der Waals surface area (Å²) in [6.07, 6.45) is 0. The summed E-state index contributed by atoms with van der Waals surface area (Å²) in [6, 6.07) is 7.71. The zero-order valence-corrected chi connectivity index (χ0v) is 8.96. The van der Waals surface area contributed by atoms with Crippen LogP contribution in [0.25, 0.3) is 4.85 Å². The molecular weight excluding hydrogens is 172 g/mol. The molecule has 1 N–H and O–H groups in total. The number of rotatable bonds is 2. The van der Waals surface area contributed by atoms with Crippen LogP contribution in [0, 0.1) is 6.57 Å². The predicted octanol–water partition coefficient (Wildman–Crippen LogP) is 3.13. The third-order valence-corrected chi connectivity index (χ3v) is 1.92. The third kappa shape index (κ3) is 3.20. The Morgan fingerprint density at radius 3 is 2.50 bits per heavy atom. The van der Waals surface area contributed by atoms with Crippen molar-refractivity contribution in [3.63, 3.8) is 0 Å². The Bertz CT molecular complexity index is 342. The fourth-order valence-corrected chi connectivity index (χ4v) is 1.13. The summed E-state index contributed by atoms with van der Waals surface area (Å²) in [4.78, 5) is 3.48. The molecule has 1 aromatic rings. The second-order valence-corrected chi connectivity index (χ2v) is 4.34. The van der Waals surface area contributed by atoms with Crippen molar-refractivity contribution in [2.45, 2.75) is 32.9 Å². The molecule has 0 amide bonds. The molecule has 0 unspecified atom stereocenters. The SMILES string of the molecule is [C-]#[N+]c1ccccc1CNC(C)(C)C. The lowest BCUT2D eigenvalue weighted by atomic mass is 10.1. The molecule has 0 saturated heterocycles. The summed E-state index contributed by atoms with van der Waals surface area (Å²) >= 11 is 0. The summed E-state index contributed by atoms with van der Waals surface area (Å²) in [5, 5.41) is 3.37. The standard InChI is InChI=1S/C12H16N2/c1-12(2,3)14-9-10-7-5-6-8-11(10)13-4/h5-8,14H,9H2,1-3H3. The largest absolute Gasteiger partial charge is 0.309 e. The molecule has 14 heavy (non-hydrogen) atoms. The zero-order chi connectivity index (χ0) is 10.6. The van der Waals surface area contributed by atoms with Crippen LogP contribution in [0.2, 0.25) is 0 Å². The minimum Gasteiger partial charge on any atom is -0.309 e. The minimum atomic E-state index is 0.0924. The van der Waals surface area contributed by atoms with E-state index < -0.39 is 0 Å². The Morgan fingerprint density at radius 2 is 1.93 bits per heavy atom. The second kappa shape index (κ2) is 4.26. The molecule has 0 atom stereocenters. The van der Waals surface area contributed by atoms with Crippen LogP contribution in [-0.4, -0.2) is 5.54 Å². The molecule has 2 nitrogen and oxygen atoms in total. The number of hydrogen-bond acceptors (Lipinski definition) is 1. The van der Waals surface area contributed by atoms with Gasteiger partial charge in [0, 0.05) is 12.1 Å². The van der Waals surface area contributed by atoms with E-state index in [0.717, 1.165) is 17.8 Å². The second-order valence-electron chi connectivity index (χ2n) is 4.34. The summed E-state index contributed by atoms with van der Waals surface area (Å²) in [5.41, 5.74) is 1.90. The van der Waals surface area contributed by atoms with Crippen LogP contribution < -0.4 is 5.32 Å². The first-order valence-corrected chi connectivity index (χ1v) is 4.73. The zero-order valence-electron chi connectivity index (χ0n) is 8.96. The van der Waals surface area contributed by atoms with Crippen molar-refractivity contribution in [2.24, 2.45) is 0 Å². The van der Waals surface area contributed by atoms with Gasteiger partial charge in [0.1, 0.15) is 0 Å². The van der Waals surface area contributed by atoms with E-state index in [1.165, 1.54) is 0 Å². The molecule has 74 valence electrons. The Hall–Kier alpha value is -1.33. The van der Waals surface area contributed by atoms with Crippen LogP contribution >= 0.6 is 0 Å². The summed E-state index contributed by atoms with van der Waals surface area (Å²) in [7, 11) is 0. The number of para-hydroxylation sites is 1. The highest BCUT2D eigenvalue weighted by Gasteiger charge is 2.09. The molecule has 0 aromatic heterocycles. The maximum Gasteiger partial charge on any atom is 0.191 e. The maximum absolute atomic E-state index is 7.02. The Balaban J connectivity index is 2.73. The van der Waals surface area contributed by atoms with E-state index in [-0.39, 0.29) is 5.54 Å². The minimum absolute atomic E-state index is 0.0924. The number of nitrogens with zero attached hydrogens (tertiary/aromatic N) is 1. The lowest BCUT2D eigenvalue weighted by Crippen LogP contribution is -2.35. The number of nitrogens with one attached hydrogen (secondary N) is 1. The Kier molecular flexibility index (Phi) is 3.27. The average molecular weight is 188 g/mol. The van der Waals surface area contributed by atoms with Crippen molar-refractivity contribution < 1.29 is 0 Å². The first-order valence-electron chi connectivity index (χ1n) is 4.73. The molecule has 0 radical (unpaired) electrons. The molecule has 0 saturated carbocycles. The average Bonchev–Trinajstić information content (AvgIpc) is 2.14. The van der Waals surface area contributed by atoms with Crippen LogP contribution in [0.3, 0.4) is 0 Å².